The zero-order valence-electron chi connectivity index (χ0n) is 13.2. The van der Waals surface area contributed by atoms with Crippen molar-refractivity contribution >= 4 is 7.44 Å². The van der Waals surface area contributed by atoms with Crippen molar-refractivity contribution in [1.82, 2.24) is 9.34 Å². The van der Waals surface area contributed by atoms with Crippen LogP contribution >= 0.6 is 7.44 Å². The lowest BCUT2D eigenvalue weighted by atomic mass is 9.79. The van der Waals surface area contributed by atoms with Crippen LogP contribution in [0, 0.1) is 23.7 Å². The van der Waals surface area contributed by atoms with Crippen LogP contribution in [0.1, 0.15) is 34.1 Å². The highest BCUT2D eigenvalue weighted by Gasteiger charge is 2.37. The fourth-order valence-corrected chi connectivity index (χ4v) is 4.21. The second-order valence-corrected chi connectivity index (χ2v) is 9.83. The fourth-order valence-electron chi connectivity index (χ4n) is 2.68. The van der Waals surface area contributed by atoms with E-state index in [0.29, 0.717) is 23.7 Å². The van der Waals surface area contributed by atoms with Crippen LogP contribution < -0.4 is 0 Å². The Morgan fingerprint density at radius 1 is 1.06 bits per heavy atom. The Hall–Kier alpha value is 0.150. The van der Waals surface area contributed by atoms with Gasteiger partial charge in [0.2, 0.25) is 7.44 Å². The molecular formula is C14H31N2OP. The van der Waals surface area contributed by atoms with Crippen molar-refractivity contribution in [3.8, 4) is 0 Å². The van der Waals surface area contributed by atoms with Crippen LogP contribution in [-0.4, -0.2) is 43.2 Å². The van der Waals surface area contributed by atoms with E-state index in [2.05, 4.69) is 32.4 Å². The van der Waals surface area contributed by atoms with Gasteiger partial charge in [0.05, 0.1) is 0 Å². The van der Waals surface area contributed by atoms with E-state index in [0.717, 1.165) is 13.1 Å². The number of piperidine rings is 1. The van der Waals surface area contributed by atoms with Gasteiger partial charge in [-0.1, -0.05) is 27.7 Å². The van der Waals surface area contributed by atoms with Crippen LogP contribution in [0.5, 0.6) is 0 Å². The zero-order valence-corrected chi connectivity index (χ0v) is 14.1. The first-order valence-electron chi connectivity index (χ1n) is 7.17. The highest BCUT2D eigenvalue weighted by atomic mass is 31.2. The maximum atomic E-state index is 12.9. The summed E-state index contributed by atoms with van der Waals surface area (Å²) in [5, 5.41) is 0. The first-order valence-corrected chi connectivity index (χ1v) is 9.23. The molecule has 0 saturated carbocycles. The topological polar surface area (TPSA) is 23.6 Å². The Labute approximate surface area is 113 Å². The molecule has 1 aliphatic rings. The normalized spacial score (nSPS) is 30.1. The summed E-state index contributed by atoms with van der Waals surface area (Å²) in [5.41, 5.74) is 0. The second-order valence-electron chi connectivity index (χ2n) is 6.80. The van der Waals surface area contributed by atoms with Gasteiger partial charge in [-0.05, 0) is 44.2 Å². The largest absolute Gasteiger partial charge is 0.289 e. The molecule has 3 atom stereocenters. The van der Waals surface area contributed by atoms with Gasteiger partial charge in [-0.3, -0.25) is 4.57 Å². The third-order valence-electron chi connectivity index (χ3n) is 4.65. The van der Waals surface area contributed by atoms with Gasteiger partial charge in [0.1, 0.15) is 0 Å². The minimum atomic E-state index is -2.33. The maximum Gasteiger partial charge on any atom is 0.213 e. The van der Waals surface area contributed by atoms with Crippen molar-refractivity contribution in [1.29, 1.82) is 0 Å². The van der Waals surface area contributed by atoms with Crippen LogP contribution in [0.15, 0.2) is 0 Å². The van der Waals surface area contributed by atoms with E-state index in [1.54, 1.807) is 0 Å². The van der Waals surface area contributed by atoms with Crippen molar-refractivity contribution in [2.75, 3.05) is 33.8 Å². The van der Waals surface area contributed by atoms with Gasteiger partial charge in [-0.25, -0.2) is 9.34 Å². The summed E-state index contributed by atoms with van der Waals surface area (Å²) < 4.78 is 17.0. The number of nitrogens with zero attached hydrogens (tertiary/aromatic N) is 2. The Kier molecular flexibility index (Phi) is 5.46. The molecule has 0 N–H and O–H groups in total. The molecule has 0 radical (unpaired) electrons. The van der Waals surface area contributed by atoms with E-state index < -0.39 is 7.44 Å². The summed E-state index contributed by atoms with van der Waals surface area (Å²) in [7, 11) is 1.54. The van der Waals surface area contributed by atoms with Crippen LogP contribution in [0.3, 0.4) is 0 Å². The van der Waals surface area contributed by atoms with Crippen LogP contribution in [0.25, 0.3) is 0 Å². The summed E-state index contributed by atoms with van der Waals surface area (Å²) in [5.74, 6) is 2.71. The average molecular weight is 274 g/mol. The predicted octanol–water partition coefficient (Wildman–Crippen LogP) is 3.62. The lowest BCUT2D eigenvalue weighted by Crippen LogP contribution is -2.43. The molecule has 18 heavy (non-hydrogen) atoms. The average Bonchev–Trinajstić information content (AvgIpc) is 2.27. The Bertz CT molecular complexity index is 299. The van der Waals surface area contributed by atoms with Gasteiger partial charge >= 0.3 is 0 Å². The standard InChI is InChI=1S/C14H31N2OP/c1-11(2)13-8-14(12(3)4)10-16(9-13)18(7,17)15(5)6/h11-14H,8-10H2,1-7H3. The van der Waals surface area contributed by atoms with Crippen LogP contribution in [-0.2, 0) is 4.57 Å². The molecule has 0 aliphatic carbocycles. The summed E-state index contributed by atoms with van der Waals surface area (Å²) >= 11 is 0. The number of rotatable bonds is 4. The van der Waals surface area contributed by atoms with Gasteiger partial charge in [0, 0.05) is 19.8 Å². The molecular weight excluding hydrogens is 243 g/mol. The minimum absolute atomic E-state index is 0.677. The number of hydrogen-bond acceptors (Lipinski definition) is 1. The van der Waals surface area contributed by atoms with E-state index in [9.17, 15) is 4.57 Å². The summed E-state index contributed by atoms with van der Waals surface area (Å²) in [4.78, 5) is 0. The molecule has 0 bridgehead atoms. The SMILES string of the molecule is CC(C)C1CC(C(C)C)CN(P(C)(=O)N(C)C)C1. The highest BCUT2D eigenvalue weighted by Crippen LogP contribution is 2.51. The molecule has 1 saturated heterocycles. The zero-order chi connectivity index (χ0) is 14.1. The summed E-state index contributed by atoms with van der Waals surface area (Å²) in [6.07, 6.45) is 1.29. The number of hydrogen-bond donors (Lipinski definition) is 0. The van der Waals surface area contributed by atoms with E-state index in [-0.39, 0.29) is 0 Å². The molecule has 0 aromatic rings. The Balaban J connectivity index is 2.89. The quantitative estimate of drug-likeness (QED) is 0.732. The van der Waals surface area contributed by atoms with Crippen molar-refractivity contribution < 1.29 is 4.57 Å². The monoisotopic (exact) mass is 274 g/mol. The van der Waals surface area contributed by atoms with E-state index in [1.165, 1.54) is 6.42 Å². The molecule has 3 unspecified atom stereocenters. The minimum Gasteiger partial charge on any atom is -0.289 e. The van der Waals surface area contributed by atoms with Crippen molar-refractivity contribution in [3.63, 3.8) is 0 Å². The molecule has 108 valence electrons. The first kappa shape index (κ1) is 16.2. The van der Waals surface area contributed by atoms with E-state index in [1.807, 2.05) is 25.4 Å². The van der Waals surface area contributed by atoms with Gasteiger partial charge in [0.25, 0.3) is 0 Å². The smallest absolute Gasteiger partial charge is 0.213 e. The van der Waals surface area contributed by atoms with Crippen LogP contribution in [0.4, 0.5) is 0 Å². The predicted molar refractivity (Wildman–Crippen MR) is 80.1 cm³/mol. The molecule has 0 aromatic heterocycles. The van der Waals surface area contributed by atoms with E-state index in [4.69, 9.17) is 0 Å². The van der Waals surface area contributed by atoms with Crippen molar-refractivity contribution in [2.24, 2.45) is 23.7 Å². The maximum absolute atomic E-state index is 12.9. The highest BCUT2D eigenvalue weighted by molar-refractivity contribution is 7.58. The lowest BCUT2D eigenvalue weighted by Gasteiger charge is -2.44. The second kappa shape index (κ2) is 6.07. The Morgan fingerprint density at radius 2 is 1.44 bits per heavy atom. The van der Waals surface area contributed by atoms with Crippen molar-refractivity contribution in [3.05, 3.63) is 0 Å². The molecule has 1 heterocycles. The molecule has 0 amide bonds. The van der Waals surface area contributed by atoms with Gasteiger partial charge < -0.3 is 0 Å². The van der Waals surface area contributed by atoms with E-state index >= 15 is 0 Å². The molecule has 0 spiro atoms. The fraction of sp³-hybridized carbons (Fsp3) is 1.00. The summed E-state index contributed by atoms with van der Waals surface area (Å²) in [6.45, 7) is 13.1. The van der Waals surface area contributed by atoms with Gasteiger partial charge in [-0.2, -0.15) is 0 Å². The molecule has 1 rings (SSSR count). The Morgan fingerprint density at radius 3 is 1.72 bits per heavy atom. The first-order chi connectivity index (χ1) is 8.16. The molecule has 0 aromatic carbocycles. The summed E-state index contributed by atoms with van der Waals surface area (Å²) in [6, 6.07) is 0. The van der Waals surface area contributed by atoms with Crippen LogP contribution in [0.2, 0.25) is 0 Å². The molecule has 3 nitrogen and oxygen atoms in total. The van der Waals surface area contributed by atoms with Gasteiger partial charge in [-0.15, -0.1) is 0 Å². The molecule has 1 aliphatic heterocycles. The molecule has 1 fully saturated rings. The third kappa shape index (κ3) is 3.59. The molecule has 4 heteroatoms. The third-order valence-corrected chi connectivity index (χ3v) is 7.51. The van der Waals surface area contributed by atoms with Gasteiger partial charge in [0.15, 0.2) is 0 Å². The lowest BCUT2D eigenvalue weighted by molar-refractivity contribution is 0.129. The van der Waals surface area contributed by atoms with Crippen molar-refractivity contribution in [2.45, 2.75) is 34.1 Å².